The van der Waals surface area contributed by atoms with Crippen LogP contribution in [-0.2, 0) is 20.2 Å². The lowest BCUT2D eigenvalue weighted by Crippen LogP contribution is -2.24. The van der Waals surface area contributed by atoms with Crippen LogP contribution in [0.3, 0.4) is 0 Å². The Balaban J connectivity index is 1.76. The highest BCUT2D eigenvalue weighted by Crippen LogP contribution is 2.44. The van der Waals surface area contributed by atoms with E-state index in [1.165, 1.54) is 36.4 Å². The second-order valence-electron chi connectivity index (χ2n) is 9.62. The van der Waals surface area contributed by atoms with E-state index in [4.69, 9.17) is 0 Å². The van der Waals surface area contributed by atoms with E-state index in [-0.39, 0.29) is 39.4 Å². The number of hydrogen-bond acceptors (Lipinski definition) is 10. The number of carbonyl (C=O) groups is 2. The number of phenols is 2. The predicted molar refractivity (Wildman–Crippen MR) is 152 cm³/mol. The Morgan fingerprint density at radius 2 is 1.00 bits per heavy atom. The molecule has 1 aliphatic carbocycles. The number of ketones is 2. The number of fused-ring (bicyclic) bond motifs is 2. The molecule has 0 saturated carbocycles. The molecule has 0 aromatic heterocycles. The average molecular weight is 611 g/mol. The fourth-order valence-corrected chi connectivity index (χ4v) is 6.19. The van der Waals surface area contributed by atoms with Gasteiger partial charge in [0.2, 0.25) is 5.78 Å². The molecular weight excluding hydrogens is 588 g/mol. The summed E-state index contributed by atoms with van der Waals surface area (Å²) < 4.78 is 68.0. The fourth-order valence-electron chi connectivity index (χ4n) is 4.72. The molecule has 0 spiro atoms. The second-order valence-corrected chi connectivity index (χ2v) is 12.4. The van der Waals surface area contributed by atoms with E-state index >= 15 is 0 Å². The Bertz CT molecular complexity index is 2070. The summed E-state index contributed by atoms with van der Waals surface area (Å²) in [6, 6.07) is 13.0. The largest absolute Gasteiger partial charge is 0.504 e. The molecule has 4 aromatic rings. The Labute approximate surface area is 239 Å². The molecule has 0 saturated heterocycles. The maximum absolute atomic E-state index is 13.9. The van der Waals surface area contributed by atoms with Crippen LogP contribution in [0.2, 0.25) is 0 Å². The number of phenolic OH excluding ortho intramolecular Hbond substituents is 2. The first-order valence-electron chi connectivity index (χ1n) is 12.1. The molecule has 5 rings (SSSR count). The van der Waals surface area contributed by atoms with Crippen LogP contribution in [0, 0.1) is 13.8 Å². The van der Waals surface area contributed by atoms with Crippen molar-refractivity contribution in [2.45, 2.75) is 23.6 Å². The van der Waals surface area contributed by atoms with Gasteiger partial charge in [0.05, 0.1) is 39.4 Å². The molecule has 0 fully saturated rings. The van der Waals surface area contributed by atoms with Gasteiger partial charge in [0.25, 0.3) is 20.2 Å². The van der Waals surface area contributed by atoms with Gasteiger partial charge in [-0.05, 0) is 73.5 Å². The molecule has 6 N–H and O–H groups in total. The first-order chi connectivity index (χ1) is 19.6. The molecule has 0 amide bonds. The van der Waals surface area contributed by atoms with Gasteiger partial charge >= 0.3 is 0 Å². The van der Waals surface area contributed by atoms with Crippen LogP contribution < -0.4 is 10.6 Å². The van der Waals surface area contributed by atoms with Gasteiger partial charge in [-0.25, -0.2) is 0 Å². The van der Waals surface area contributed by atoms with Crippen molar-refractivity contribution >= 4 is 54.6 Å². The van der Waals surface area contributed by atoms with Crippen LogP contribution in [0.25, 0.3) is 0 Å². The number of rotatable bonds is 6. The lowest BCUT2D eigenvalue weighted by atomic mass is 9.81. The van der Waals surface area contributed by atoms with Gasteiger partial charge in [0.15, 0.2) is 17.3 Å². The molecule has 0 bridgehead atoms. The fraction of sp³-hybridized carbons (Fsp3) is 0.0714. The summed E-state index contributed by atoms with van der Waals surface area (Å²) >= 11 is 0. The minimum Gasteiger partial charge on any atom is -0.504 e. The van der Waals surface area contributed by atoms with E-state index in [1.54, 1.807) is 26.0 Å². The van der Waals surface area contributed by atoms with Crippen molar-refractivity contribution in [2.75, 3.05) is 10.6 Å². The minimum atomic E-state index is -4.73. The standard InChI is InChI=1S/C28H22N2O10S2/c1-13-3-6-16(21(11-13)41(35,36)37)29-18-8-9-19(30-17-7-4-14(2)12-22(17)42(38,39)40)25-24(18)26(32)15-5-10-20(31)27(33)23(15)28(25)34/h3-12,29-31,33H,1-2H3,(H,35,36,37)(H,38,39,40). The Morgan fingerprint density at radius 3 is 1.45 bits per heavy atom. The summed E-state index contributed by atoms with van der Waals surface area (Å²) in [5.74, 6) is -3.21. The molecule has 14 heteroatoms. The molecule has 0 heterocycles. The molecular formula is C28H22N2O10S2. The SMILES string of the molecule is Cc1ccc(Nc2ccc(Nc3ccc(C)cc3S(=O)(=O)O)c3c2C(=O)c2ccc(O)c(O)c2C3=O)c(S(=O)(=O)O)c1. The minimum absolute atomic E-state index is 0.0558. The van der Waals surface area contributed by atoms with Gasteiger partial charge in [-0.15, -0.1) is 0 Å². The van der Waals surface area contributed by atoms with Crippen molar-refractivity contribution < 1.29 is 45.7 Å². The molecule has 42 heavy (non-hydrogen) atoms. The third-order valence-corrected chi connectivity index (χ3v) is 8.44. The van der Waals surface area contributed by atoms with E-state index in [0.29, 0.717) is 11.1 Å². The summed E-state index contributed by atoms with van der Waals surface area (Å²) in [6.07, 6.45) is 0. The van der Waals surface area contributed by atoms with Crippen molar-refractivity contribution in [2.24, 2.45) is 0 Å². The predicted octanol–water partition coefficient (Wildman–Crippen LogP) is 4.47. The maximum atomic E-state index is 13.9. The number of nitrogens with one attached hydrogen (secondary N) is 2. The summed E-state index contributed by atoms with van der Waals surface area (Å²) in [7, 11) is -9.45. The Morgan fingerprint density at radius 1 is 0.571 bits per heavy atom. The monoisotopic (exact) mass is 610 g/mol. The number of anilines is 4. The van der Waals surface area contributed by atoms with Crippen LogP contribution in [-0.4, -0.2) is 47.7 Å². The molecule has 0 aliphatic heterocycles. The van der Waals surface area contributed by atoms with Gasteiger partial charge in [-0.2, -0.15) is 16.8 Å². The van der Waals surface area contributed by atoms with Gasteiger partial charge < -0.3 is 20.8 Å². The van der Waals surface area contributed by atoms with E-state index in [9.17, 15) is 45.7 Å². The van der Waals surface area contributed by atoms with Gasteiger partial charge in [-0.1, -0.05) is 12.1 Å². The number of aromatic hydroxyl groups is 2. The highest BCUT2D eigenvalue weighted by molar-refractivity contribution is 7.86. The molecule has 4 aromatic carbocycles. The van der Waals surface area contributed by atoms with Crippen LogP contribution in [0.15, 0.2) is 70.5 Å². The smallest absolute Gasteiger partial charge is 0.296 e. The first-order valence-corrected chi connectivity index (χ1v) is 15.0. The summed E-state index contributed by atoms with van der Waals surface area (Å²) in [4.78, 5) is 26.7. The van der Waals surface area contributed by atoms with Crippen molar-refractivity contribution in [3.63, 3.8) is 0 Å². The third-order valence-electron chi connectivity index (χ3n) is 6.66. The number of carbonyl (C=O) groups excluding carboxylic acids is 2. The maximum Gasteiger partial charge on any atom is 0.296 e. The van der Waals surface area contributed by atoms with E-state index in [2.05, 4.69) is 10.6 Å². The van der Waals surface area contributed by atoms with E-state index in [0.717, 1.165) is 12.1 Å². The molecule has 0 unspecified atom stereocenters. The molecule has 216 valence electrons. The zero-order valence-corrected chi connectivity index (χ0v) is 23.5. The van der Waals surface area contributed by atoms with Crippen LogP contribution in [0.5, 0.6) is 11.5 Å². The van der Waals surface area contributed by atoms with Crippen molar-refractivity contribution in [3.8, 4) is 11.5 Å². The van der Waals surface area contributed by atoms with Crippen LogP contribution in [0.1, 0.15) is 43.0 Å². The third kappa shape index (κ3) is 4.96. The topological polar surface area (TPSA) is 207 Å². The number of hydrogen-bond donors (Lipinski definition) is 6. The Hall–Kier alpha value is -4.76. The first kappa shape index (κ1) is 28.8. The lowest BCUT2D eigenvalue weighted by Gasteiger charge is -2.25. The molecule has 12 nitrogen and oxygen atoms in total. The van der Waals surface area contributed by atoms with Gasteiger partial charge in [0, 0.05) is 5.56 Å². The van der Waals surface area contributed by atoms with E-state index < -0.39 is 58.7 Å². The molecule has 0 atom stereocenters. The summed E-state index contributed by atoms with van der Waals surface area (Å²) in [6.45, 7) is 3.20. The molecule has 0 radical (unpaired) electrons. The van der Waals surface area contributed by atoms with Gasteiger partial charge in [-0.3, -0.25) is 18.7 Å². The summed E-state index contributed by atoms with van der Waals surface area (Å²) in [5.41, 5.74) is -0.764. The number of aryl methyl sites for hydroxylation is 2. The van der Waals surface area contributed by atoms with Crippen molar-refractivity contribution in [1.29, 1.82) is 0 Å². The average Bonchev–Trinajstić information content (AvgIpc) is 2.90. The van der Waals surface area contributed by atoms with Crippen LogP contribution in [0.4, 0.5) is 22.7 Å². The van der Waals surface area contributed by atoms with Crippen LogP contribution >= 0.6 is 0 Å². The normalized spacial score (nSPS) is 13.0. The lowest BCUT2D eigenvalue weighted by molar-refractivity contribution is 0.0977. The Kier molecular flexibility index (Phi) is 6.82. The highest BCUT2D eigenvalue weighted by atomic mass is 32.2. The highest BCUT2D eigenvalue weighted by Gasteiger charge is 2.37. The summed E-state index contributed by atoms with van der Waals surface area (Å²) in [5, 5.41) is 26.1. The second kappa shape index (κ2) is 9.95. The number of benzene rings is 4. The quantitative estimate of drug-likeness (QED) is 0.116. The zero-order valence-electron chi connectivity index (χ0n) is 21.8. The van der Waals surface area contributed by atoms with Gasteiger partial charge in [0.1, 0.15) is 9.79 Å². The zero-order chi connectivity index (χ0) is 30.7. The van der Waals surface area contributed by atoms with Crippen molar-refractivity contribution in [1.82, 2.24) is 0 Å². The molecule has 1 aliphatic rings. The van der Waals surface area contributed by atoms with Crippen molar-refractivity contribution in [3.05, 3.63) is 94.0 Å². The van der Waals surface area contributed by atoms with E-state index in [1.807, 2.05) is 0 Å².